The van der Waals surface area contributed by atoms with Crippen LogP contribution >= 0.6 is 0 Å². The molecule has 0 aliphatic carbocycles. The van der Waals surface area contributed by atoms with Crippen molar-refractivity contribution < 1.29 is 14.3 Å². The number of hydrogen-bond acceptors (Lipinski definition) is 5. The maximum Gasteiger partial charge on any atom is 0.338 e. The van der Waals surface area contributed by atoms with Crippen molar-refractivity contribution in [1.82, 2.24) is 15.3 Å². The lowest BCUT2D eigenvalue weighted by atomic mass is 10.0. The van der Waals surface area contributed by atoms with Crippen LogP contribution in [0.3, 0.4) is 0 Å². The zero-order valence-electron chi connectivity index (χ0n) is 20.4. The molecule has 7 nitrogen and oxygen atoms in total. The number of nitrogens with zero attached hydrogens (tertiary/aromatic N) is 1. The van der Waals surface area contributed by atoms with E-state index in [0.717, 1.165) is 5.56 Å². The van der Waals surface area contributed by atoms with Gasteiger partial charge in [0.25, 0.3) is 11.5 Å². The lowest BCUT2D eigenvalue weighted by Gasteiger charge is -2.11. The van der Waals surface area contributed by atoms with Crippen LogP contribution in [0.5, 0.6) is 0 Å². The molecule has 0 aliphatic heterocycles. The van der Waals surface area contributed by atoms with Crippen LogP contribution in [-0.4, -0.2) is 35.0 Å². The van der Waals surface area contributed by atoms with Gasteiger partial charge in [0.2, 0.25) is 0 Å². The molecule has 0 spiro atoms. The molecule has 0 saturated carbocycles. The van der Waals surface area contributed by atoms with Gasteiger partial charge in [-0.3, -0.25) is 9.59 Å². The maximum atomic E-state index is 12.7. The number of esters is 1. The molecule has 1 aromatic heterocycles. The summed E-state index contributed by atoms with van der Waals surface area (Å²) in [7, 11) is 0. The molecule has 184 valence electrons. The minimum atomic E-state index is -0.604. The summed E-state index contributed by atoms with van der Waals surface area (Å²) in [6, 6.07) is 22.3. The van der Waals surface area contributed by atoms with E-state index >= 15 is 0 Å². The zero-order valence-corrected chi connectivity index (χ0v) is 20.4. The Morgan fingerprint density at radius 2 is 1.69 bits per heavy atom. The molecule has 1 heterocycles. The number of fused-ring (bicyclic) bond motifs is 1. The Hall–Kier alpha value is -4.26. The van der Waals surface area contributed by atoms with Crippen molar-refractivity contribution in [1.29, 1.82) is 0 Å². The van der Waals surface area contributed by atoms with E-state index in [9.17, 15) is 14.4 Å². The monoisotopic (exact) mass is 483 g/mol. The minimum absolute atomic E-state index is 0.233. The van der Waals surface area contributed by atoms with Gasteiger partial charge in [-0.15, -0.1) is 0 Å². The fourth-order valence-electron chi connectivity index (χ4n) is 3.95. The number of aromatic amines is 1. The average Bonchev–Trinajstić information content (AvgIpc) is 2.88. The number of aromatic nitrogens is 2. The number of hydrogen-bond donors (Lipinski definition) is 2. The third-order valence-corrected chi connectivity index (χ3v) is 5.97. The zero-order chi connectivity index (χ0) is 25.5. The second-order valence-electron chi connectivity index (χ2n) is 8.94. The molecule has 4 rings (SSSR count). The molecule has 3 aromatic carbocycles. The van der Waals surface area contributed by atoms with E-state index in [2.05, 4.69) is 53.4 Å². The molecule has 4 aromatic rings. The Morgan fingerprint density at radius 1 is 0.972 bits per heavy atom. The molecule has 0 radical (unpaired) electrons. The summed E-state index contributed by atoms with van der Waals surface area (Å²) >= 11 is 0. The lowest BCUT2D eigenvalue weighted by Crippen LogP contribution is -2.30. The molecule has 36 heavy (non-hydrogen) atoms. The van der Waals surface area contributed by atoms with Gasteiger partial charge in [0.1, 0.15) is 5.82 Å². The molecule has 7 heteroatoms. The van der Waals surface area contributed by atoms with Crippen LogP contribution in [0.4, 0.5) is 0 Å². The second kappa shape index (κ2) is 11.4. The fourth-order valence-corrected chi connectivity index (χ4v) is 3.95. The molecule has 1 amide bonds. The van der Waals surface area contributed by atoms with E-state index in [1.165, 1.54) is 5.56 Å². The number of amides is 1. The highest BCUT2D eigenvalue weighted by Gasteiger charge is 2.16. The highest BCUT2D eigenvalue weighted by Crippen LogP contribution is 2.16. The first kappa shape index (κ1) is 24.9. The van der Waals surface area contributed by atoms with Crippen molar-refractivity contribution in [2.75, 3.05) is 13.2 Å². The quantitative estimate of drug-likeness (QED) is 0.348. The third-order valence-electron chi connectivity index (χ3n) is 5.97. The number of carbonyl (C=O) groups is 2. The predicted molar refractivity (Wildman–Crippen MR) is 139 cm³/mol. The van der Waals surface area contributed by atoms with E-state index in [1.807, 2.05) is 6.07 Å². The van der Waals surface area contributed by atoms with E-state index in [1.54, 1.807) is 42.5 Å². The van der Waals surface area contributed by atoms with Gasteiger partial charge in [0, 0.05) is 13.0 Å². The number of nitrogens with one attached hydrogen (secondary N) is 2. The summed E-state index contributed by atoms with van der Waals surface area (Å²) in [5.41, 5.74) is 3.73. The average molecular weight is 484 g/mol. The number of carbonyl (C=O) groups excluding carboxylic acids is 2. The summed E-state index contributed by atoms with van der Waals surface area (Å²) in [6.07, 6.45) is 0.936. The van der Waals surface area contributed by atoms with Crippen molar-refractivity contribution in [2.24, 2.45) is 0 Å². The predicted octanol–water partition coefficient (Wildman–Crippen LogP) is 4.15. The van der Waals surface area contributed by atoms with Crippen LogP contribution in [0.15, 0.2) is 77.6 Å². The van der Waals surface area contributed by atoms with Gasteiger partial charge in [-0.05, 0) is 47.2 Å². The van der Waals surface area contributed by atoms with E-state index in [4.69, 9.17) is 4.74 Å². The van der Waals surface area contributed by atoms with Gasteiger partial charge in [-0.2, -0.15) is 0 Å². The molecule has 0 aliphatic rings. The first-order valence-corrected chi connectivity index (χ1v) is 12.0. The van der Waals surface area contributed by atoms with Gasteiger partial charge >= 0.3 is 5.97 Å². The standard InChI is InChI=1S/C29H29N3O4/c1-19(2)21-13-11-20(12-14-21)15-16-30-27(33)18-36-29(35)23-8-4-3-7-22(23)17-26-31-25-10-6-5-9-24(25)28(34)32-26/h3-14,19H,15-18H2,1-2H3,(H,30,33)(H,31,32,34). The molecule has 0 bridgehead atoms. The highest BCUT2D eigenvalue weighted by molar-refractivity contribution is 5.92. The van der Waals surface area contributed by atoms with Gasteiger partial charge in [-0.25, -0.2) is 9.78 Å². The van der Waals surface area contributed by atoms with Crippen molar-refractivity contribution in [3.8, 4) is 0 Å². The summed E-state index contributed by atoms with van der Waals surface area (Å²) in [5, 5.41) is 3.29. The second-order valence-corrected chi connectivity index (χ2v) is 8.94. The molecule has 2 N–H and O–H groups in total. The number of para-hydroxylation sites is 1. The Balaban J connectivity index is 1.32. The van der Waals surface area contributed by atoms with E-state index < -0.39 is 5.97 Å². The fraction of sp³-hybridized carbons (Fsp3) is 0.241. The largest absolute Gasteiger partial charge is 0.452 e. The molecular weight excluding hydrogens is 454 g/mol. The Labute approximate surface area is 209 Å². The first-order chi connectivity index (χ1) is 17.4. The van der Waals surface area contributed by atoms with Gasteiger partial charge in [0.15, 0.2) is 6.61 Å². The third kappa shape index (κ3) is 6.24. The number of benzene rings is 3. The maximum absolute atomic E-state index is 12.7. The number of ether oxygens (including phenoxy) is 1. The molecular formula is C29H29N3O4. The normalized spacial score (nSPS) is 11.0. The van der Waals surface area contributed by atoms with Gasteiger partial charge in [0.05, 0.1) is 16.5 Å². The van der Waals surface area contributed by atoms with Crippen LogP contribution in [0.2, 0.25) is 0 Å². The first-order valence-electron chi connectivity index (χ1n) is 12.0. The summed E-state index contributed by atoms with van der Waals surface area (Å²) in [6.45, 7) is 4.38. The minimum Gasteiger partial charge on any atom is -0.452 e. The Bertz CT molecular complexity index is 1420. The van der Waals surface area contributed by atoms with Gasteiger partial charge < -0.3 is 15.0 Å². The SMILES string of the molecule is CC(C)c1ccc(CCNC(=O)COC(=O)c2ccccc2Cc2nc3ccccc3c(=O)[nH]2)cc1. The van der Waals surface area contributed by atoms with Crippen molar-refractivity contribution in [3.05, 3.63) is 111 Å². The van der Waals surface area contributed by atoms with Crippen molar-refractivity contribution in [3.63, 3.8) is 0 Å². The van der Waals surface area contributed by atoms with Crippen LogP contribution in [0, 0.1) is 0 Å². The van der Waals surface area contributed by atoms with Crippen LogP contribution in [-0.2, 0) is 22.4 Å². The topological polar surface area (TPSA) is 101 Å². The van der Waals surface area contributed by atoms with E-state index in [0.29, 0.717) is 46.7 Å². The van der Waals surface area contributed by atoms with E-state index in [-0.39, 0.29) is 24.5 Å². The molecule has 0 saturated heterocycles. The van der Waals surface area contributed by atoms with Gasteiger partial charge in [-0.1, -0.05) is 68.4 Å². The van der Waals surface area contributed by atoms with Crippen molar-refractivity contribution in [2.45, 2.75) is 32.6 Å². The molecule has 0 atom stereocenters. The summed E-state index contributed by atoms with van der Waals surface area (Å²) in [4.78, 5) is 44.6. The Morgan fingerprint density at radius 3 is 2.47 bits per heavy atom. The molecule has 0 unspecified atom stereocenters. The number of rotatable bonds is 9. The number of H-pyrrole nitrogens is 1. The summed E-state index contributed by atoms with van der Waals surface area (Å²) in [5.74, 6) is -0.0452. The summed E-state index contributed by atoms with van der Waals surface area (Å²) < 4.78 is 5.26. The van der Waals surface area contributed by atoms with Crippen LogP contribution in [0.1, 0.15) is 52.6 Å². The lowest BCUT2D eigenvalue weighted by molar-refractivity contribution is -0.124. The highest BCUT2D eigenvalue weighted by atomic mass is 16.5. The van der Waals surface area contributed by atoms with Crippen LogP contribution in [0.25, 0.3) is 10.9 Å². The van der Waals surface area contributed by atoms with Crippen LogP contribution < -0.4 is 10.9 Å². The Kier molecular flexibility index (Phi) is 7.90. The van der Waals surface area contributed by atoms with Crippen molar-refractivity contribution >= 4 is 22.8 Å². The smallest absolute Gasteiger partial charge is 0.338 e. The molecule has 0 fully saturated rings.